The molecule has 4 aromatic rings. The van der Waals surface area contributed by atoms with Gasteiger partial charge in [-0.15, -0.1) is 16.4 Å². The van der Waals surface area contributed by atoms with Crippen LogP contribution in [0.4, 0.5) is 10.1 Å². The van der Waals surface area contributed by atoms with E-state index in [1.54, 1.807) is 18.2 Å². The fraction of sp³-hybridized carbons (Fsp3) is 0.130. The molecule has 174 valence electrons. The number of ether oxygens (including phenoxy) is 3. The van der Waals surface area contributed by atoms with Gasteiger partial charge in [0.05, 0.1) is 30.5 Å². The number of hydrogen-bond acceptors (Lipinski definition) is 8. The first-order chi connectivity index (χ1) is 16.5. The van der Waals surface area contributed by atoms with Gasteiger partial charge in [-0.1, -0.05) is 6.07 Å². The summed E-state index contributed by atoms with van der Waals surface area (Å²) in [7, 11) is 2.96. The number of anilines is 1. The van der Waals surface area contributed by atoms with Crippen molar-refractivity contribution in [2.75, 3.05) is 26.1 Å². The van der Waals surface area contributed by atoms with Crippen LogP contribution in [-0.4, -0.2) is 47.5 Å². The van der Waals surface area contributed by atoms with Crippen molar-refractivity contribution in [3.63, 3.8) is 0 Å². The van der Waals surface area contributed by atoms with Crippen molar-refractivity contribution in [1.29, 1.82) is 0 Å². The van der Waals surface area contributed by atoms with Crippen LogP contribution in [0.15, 0.2) is 60.0 Å². The van der Waals surface area contributed by atoms with E-state index in [2.05, 4.69) is 15.4 Å². The Bertz CT molecular complexity index is 1310. The summed E-state index contributed by atoms with van der Waals surface area (Å²) >= 11 is 1.40. The van der Waals surface area contributed by atoms with Gasteiger partial charge in [0.25, 0.3) is 11.7 Å². The molecule has 0 unspecified atom stereocenters. The smallest absolute Gasteiger partial charge is 0.378 e. The van der Waals surface area contributed by atoms with E-state index in [-0.39, 0.29) is 5.82 Å². The predicted molar refractivity (Wildman–Crippen MR) is 123 cm³/mol. The molecule has 0 saturated heterocycles. The highest BCUT2D eigenvalue weighted by Crippen LogP contribution is 2.29. The minimum Gasteiger partial charge on any atom is -0.497 e. The first kappa shape index (κ1) is 22.9. The van der Waals surface area contributed by atoms with Gasteiger partial charge in [-0.25, -0.2) is 13.9 Å². The highest BCUT2D eigenvalue weighted by atomic mass is 32.1. The van der Waals surface area contributed by atoms with Crippen LogP contribution in [0.3, 0.4) is 0 Å². The molecule has 0 aliphatic carbocycles. The molecule has 0 spiro atoms. The Labute approximate surface area is 197 Å². The number of nitrogens with zero attached hydrogens (tertiary/aromatic N) is 3. The normalized spacial score (nSPS) is 10.6. The second-order valence-electron chi connectivity index (χ2n) is 6.82. The van der Waals surface area contributed by atoms with Crippen LogP contribution in [0, 0.1) is 5.82 Å². The van der Waals surface area contributed by atoms with Crippen LogP contribution in [0.25, 0.3) is 16.4 Å². The minimum absolute atomic E-state index is 0.237. The number of rotatable bonds is 8. The van der Waals surface area contributed by atoms with E-state index in [4.69, 9.17) is 14.2 Å². The monoisotopic (exact) mass is 482 g/mol. The third kappa shape index (κ3) is 5.04. The maximum atomic E-state index is 13.4. The first-order valence-electron chi connectivity index (χ1n) is 9.94. The maximum absolute atomic E-state index is 13.4. The highest BCUT2D eigenvalue weighted by molar-refractivity contribution is 7.13. The third-order valence-corrected chi connectivity index (χ3v) is 5.48. The Morgan fingerprint density at radius 2 is 1.88 bits per heavy atom. The van der Waals surface area contributed by atoms with Gasteiger partial charge in [-0.05, 0) is 47.8 Å². The number of benzene rings is 2. The van der Waals surface area contributed by atoms with Crippen LogP contribution < -0.4 is 14.8 Å². The molecule has 0 fully saturated rings. The molecule has 2 heterocycles. The van der Waals surface area contributed by atoms with Crippen molar-refractivity contribution >= 4 is 28.9 Å². The summed E-state index contributed by atoms with van der Waals surface area (Å²) in [4.78, 5) is 30.0. The van der Waals surface area contributed by atoms with Crippen molar-refractivity contribution in [3.05, 3.63) is 71.6 Å². The van der Waals surface area contributed by atoms with Gasteiger partial charge in [0.15, 0.2) is 12.4 Å². The van der Waals surface area contributed by atoms with Crippen LogP contribution >= 0.6 is 11.3 Å². The maximum Gasteiger partial charge on any atom is 0.378 e. The average molecular weight is 482 g/mol. The van der Waals surface area contributed by atoms with Crippen molar-refractivity contribution in [2.24, 2.45) is 0 Å². The number of nitrogens with one attached hydrogen (secondary N) is 1. The van der Waals surface area contributed by atoms with Gasteiger partial charge in [-0.3, -0.25) is 4.79 Å². The van der Waals surface area contributed by atoms with Gasteiger partial charge in [0.2, 0.25) is 0 Å². The summed E-state index contributed by atoms with van der Waals surface area (Å²) in [6.07, 6.45) is 0. The Morgan fingerprint density at radius 3 is 2.56 bits per heavy atom. The molecule has 0 saturated carbocycles. The Kier molecular flexibility index (Phi) is 6.83. The molecule has 0 bridgehead atoms. The second-order valence-corrected chi connectivity index (χ2v) is 7.76. The molecule has 0 aliphatic rings. The summed E-state index contributed by atoms with van der Waals surface area (Å²) in [5.41, 5.74) is 0.876. The topological polar surface area (TPSA) is 105 Å². The molecule has 11 heteroatoms. The fourth-order valence-corrected chi connectivity index (χ4v) is 3.72. The molecule has 0 aliphatic heterocycles. The minimum atomic E-state index is -0.883. The van der Waals surface area contributed by atoms with Crippen LogP contribution in [-0.2, 0) is 9.53 Å². The van der Waals surface area contributed by atoms with Crippen LogP contribution in [0.2, 0.25) is 0 Å². The fourth-order valence-electron chi connectivity index (χ4n) is 3.02. The number of methoxy groups -OCH3 is 2. The van der Waals surface area contributed by atoms with Gasteiger partial charge in [0, 0.05) is 6.07 Å². The summed E-state index contributed by atoms with van der Waals surface area (Å²) in [5.74, 6) is -0.785. The van der Waals surface area contributed by atoms with Gasteiger partial charge >= 0.3 is 5.97 Å². The predicted octanol–water partition coefficient (Wildman–Crippen LogP) is 3.95. The highest BCUT2D eigenvalue weighted by Gasteiger charge is 2.21. The number of amides is 1. The lowest BCUT2D eigenvalue weighted by Gasteiger charge is -2.11. The molecule has 4 rings (SSSR count). The molecular formula is C23H19FN4O5S. The number of aromatic nitrogens is 3. The zero-order valence-corrected chi connectivity index (χ0v) is 19.0. The lowest BCUT2D eigenvalue weighted by atomic mass is 10.2. The number of carbonyl (C=O) groups is 2. The summed E-state index contributed by atoms with van der Waals surface area (Å²) < 4.78 is 30.3. The quantitative estimate of drug-likeness (QED) is 0.379. The van der Waals surface area contributed by atoms with Crippen molar-refractivity contribution < 1.29 is 28.2 Å². The Morgan fingerprint density at radius 1 is 1.09 bits per heavy atom. The second kappa shape index (κ2) is 10.1. The number of carbonyl (C=O) groups excluding carboxylic acids is 2. The Hall–Kier alpha value is -4.25. The molecule has 2 aromatic heterocycles. The van der Waals surface area contributed by atoms with E-state index < -0.39 is 24.3 Å². The molecule has 0 radical (unpaired) electrons. The molecule has 34 heavy (non-hydrogen) atoms. The summed E-state index contributed by atoms with van der Waals surface area (Å²) in [6, 6.07) is 14.2. The van der Waals surface area contributed by atoms with E-state index in [1.165, 1.54) is 54.5 Å². The molecule has 1 amide bonds. The lowest BCUT2D eigenvalue weighted by molar-refractivity contribution is -0.119. The molecule has 1 N–H and O–H groups in total. The van der Waals surface area contributed by atoms with E-state index in [9.17, 15) is 14.0 Å². The first-order valence-corrected chi connectivity index (χ1v) is 10.8. The lowest BCUT2D eigenvalue weighted by Crippen LogP contribution is -2.21. The molecule has 9 nitrogen and oxygen atoms in total. The number of halogens is 1. The van der Waals surface area contributed by atoms with E-state index in [0.29, 0.717) is 28.7 Å². The van der Waals surface area contributed by atoms with Crippen molar-refractivity contribution in [3.8, 4) is 27.9 Å². The standard InChI is InChI=1S/C23H19FN4O5S/c1-31-16-9-10-18(32-2)17(12-16)25-20(29)13-33-23(30)21-26-22(19-4-3-11-34-19)28(27-21)15-7-5-14(24)6-8-15/h3-12H,13H2,1-2H3,(H,25,29). The van der Waals surface area contributed by atoms with Crippen molar-refractivity contribution in [1.82, 2.24) is 14.8 Å². The molecule has 0 atom stereocenters. The van der Waals surface area contributed by atoms with E-state index in [0.717, 1.165) is 4.88 Å². The Balaban J connectivity index is 1.50. The van der Waals surface area contributed by atoms with E-state index in [1.807, 2.05) is 17.5 Å². The summed E-state index contributed by atoms with van der Waals surface area (Å²) in [6.45, 7) is -0.571. The largest absolute Gasteiger partial charge is 0.497 e. The van der Waals surface area contributed by atoms with Gasteiger partial charge < -0.3 is 19.5 Å². The van der Waals surface area contributed by atoms with Crippen LogP contribution in [0.5, 0.6) is 11.5 Å². The number of thiophene rings is 1. The zero-order chi connectivity index (χ0) is 24.1. The van der Waals surface area contributed by atoms with Crippen molar-refractivity contribution in [2.45, 2.75) is 0 Å². The van der Waals surface area contributed by atoms with Gasteiger partial charge in [-0.2, -0.15) is 4.98 Å². The van der Waals surface area contributed by atoms with Crippen LogP contribution in [0.1, 0.15) is 10.6 Å². The number of esters is 1. The zero-order valence-electron chi connectivity index (χ0n) is 18.1. The van der Waals surface area contributed by atoms with E-state index >= 15 is 0 Å². The number of hydrogen-bond donors (Lipinski definition) is 1. The molecular weight excluding hydrogens is 463 g/mol. The SMILES string of the molecule is COc1ccc(OC)c(NC(=O)COC(=O)c2nc(-c3cccs3)n(-c3ccc(F)cc3)n2)c1. The molecule has 2 aromatic carbocycles. The summed E-state index contributed by atoms with van der Waals surface area (Å²) in [5, 5.41) is 8.69. The average Bonchev–Trinajstić information content (AvgIpc) is 3.53. The van der Waals surface area contributed by atoms with Gasteiger partial charge in [0.1, 0.15) is 17.3 Å². The third-order valence-electron chi connectivity index (χ3n) is 4.62.